The first-order chi connectivity index (χ1) is 9.11. The van der Waals surface area contributed by atoms with E-state index in [0.717, 1.165) is 24.8 Å². The highest BCUT2D eigenvalue weighted by molar-refractivity contribution is 7.09. The predicted molar refractivity (Wildman–Crippen MR) is 86.1 cm³/mol. The largest absolute Gasteiger partial charge is 0.356 e. The minimum atomic E-state index is 0.468. The summed E-state index contributed by atoms with van der Waals surface area (Å²) in [6.45, 7) is 7.67. The molecule has 0 aliphatic carbocycles. The zero-order valence-corrected chi connectivity index (χ0v) is 13.4. The molecule has 0 radical (unpaired) electrons. The van der Waals surface area contributed by atoms with Crippen LogP contribution in [0.1, 0.15) is 38.5 Å². The molecule has 0 saturated carbocycles. The summed E-state index contributed by atoms with van der Waals surface area (Å²) < 4.78 is 0. The van der Waals surface area contributed by atoms with Crippen molar-refractivity contribution in [3.05, 3.63) is 22.4 Å². The number of rotatable bonds is 7. The minimum absolute atomic E-state index is 0.468. The maximum absolute atomic E-state index is 4.27. The third-order valence-corrected chi connectivity index (χ3v) is 3.96. The molecule has 0 aliphatic rings. The van der Waals surface area contributed by atoms with Crippen molar-refractivity contribution in [1.29, 1.82) is 0 Å². The van der Waals surface area contributed by atoms with Gasteiger partial charge < -0.3 is 10.6 Å². The molecule has 1 aromatic rings. The van der Waals surface area contributed by atoms with Crippen LogP contribution >= 0.6 is 11.3 Å². The summed E-state index contributed by atoms with van der Waals surface area (Å²) in [5.41, 5.74) is 0. The molecule has 0 amide bonds. The van der Waals surface area contributed by atoms with Crippen molar-refractivity contribution in [1.82, 2.24) is 10.6 Å². The first-order valence-corrected chi connectivity index (χ1v) is 7.99. The quantitative estimate of drug-likeness (QED) is 0.594. The van der Waals surface area contributed by atoms with Crippen LogP contribution in [0, 0.1) is 5.92 Å². The number of hydrogen-bond acceptors (Lipinski definition) is 2. The van der Waals surface area contributed by atoms with E-state index < -0.39 is 0 Å². The second-order valence-corrected chi connectivity index (χ2v) is 6.38. The fourth-order valence-electron chi connectivity index (χ4n) is 1.84. The Bertz CT molecular complexity index is 357. The van der Waals surface area contributed by atoms with E-state index in [4.69, 9.17) is 0 Å². The molecule has 1 unspecified atom stereocenters. The van der Waals surface area contributed by atoms with Crippen LogP contribution in [-0.2, 0) is 6.42 Å². The number of nitrogens with one attached hydrogen (secondary N) is 2. The third kappa shape index (κ3) is 7.21. The maximum atomic E-state index is 4.27. The van der Waals surface area contributed by atoms with Crippen molar-refractivity contribution in [3.8, 4) is 0 Å². The van der Waals surface area contributed by atoms with Crippen LogP contribution in [0.4, 0.5) is 0 Å². The maximum Gasteiger partial charge on any atom is 0.191 e. The lowest BCUT2D eigenvalue weighted by Crippen LogP contribution is -2.42. The van der Waals surface area contributed by atoms with E-state index >= 15 is 0 Å². The van der Waals surface area contributed by atoms with Gasteiger partial charge in [-0.05, 0) is 43.6 Å². The van der Waals surface area contributed by atoms with Gasteiger partial charge in [-0.15, -0.1) is 11.3 Å². The second kappa shape index (κ2) is 8.97. The van der Waals surface area contributed by atoms with Crippen molar-refractivity contribution >= 4 is 17.3 Å². The number of nitrogens with zero attached hydrogens (tertiary/aromatic N) is 1. The van der Waals surface area contributed by atoms with E-state index in [9.17, 15) is 0 Å². The topological polar surface area (TPSA) is 36.4 Å². The van der Waals surface area contributed by atoms with Crippen molar-refractivity contribution in [2.75, 3.05) is 13.6 Å². The molecule has 1 heterocycles. The molecule has 1 rings (SSSR count). The molecule has 108 valence electrons. The Kier molecular flexibility index (Phi) is 7.56. The monoisotopic (exact) mass is 281 g/mol. The molecule has 1 aromatic heterocycles. The number of guanidine groups is 1. The lowest BCUT2D eigenvalue weighted by atomic mass is 10.0. The van der Waals surface area contributed by atoms with E-state index in [-0.39, 0.29) is 0 Å². The van der Waals surface area contributed by atoms with E-state index in [2.05, 4.69) is 53.9 Å². The summed E-state index contributed by atoms with van der Waals surface area (Å²) in [6, 6.07) is 4.74. The lowest BCUT2D eigenvalue weighted by molar-refractivity contribution is 0.489. The molecule has 1 atom stereocenters. The average molecular weight is 281 g/mol. The number of aliphatic imine (C=N–C) groups is 1. The van der Waals surface area contributed by atoms with Crippen LogP contribution in [-0.4, -0.2) is 25.6 Å². The van der Waals surface area contributed by atoms with Gasteiger partial charge in [0.15, 0.2) is 5.96 Å². The van der Waals surface area contributed by atoms with E-state index in [1.807, 2.05) is 18.4 Å². The molecular weight excluding hydrogens is 254 g/mol. The summed E-state index contributed by atoms with van der Waals surface area (Å²) in [7, 11) is 1.83. The van der Waals surface area contributed by atoms with E-state index in [1.54, 1.807) is 0 Å². The minimum Gasteiger partial charge on any atom is -0.356 e. The van der Waals surface area contributed by atoms with Crippen LogP contribution in [0.2, 0.25) is 0 Å². The van der Waals surface area contributed by atoms with Gasteiger partial charge in [0.25, 0.3) is 0 Å². The Morgan fingerprint density at radius 2 is 2.11 bits per heavy atom. The van der Waals surface area contributed by atoms with Gasteiger partial charge in [0.1, 0.15) is 0 Å². The summed E-state index contributed by atoms with van der Waals surface area (Å²) in [5.74, 6) is 1.67. The summed E-state index contributed by atoms with van der Waals surface area (Å²) in [5, 5.41) is 8.94. The average Bonchev–Trinajstić information content (AvgIpc) is 2.88. The third-order valence-electron chi connectivity index (χ3n) is 3.03. The molecule has 0 saturated heterocycles. The molecule has 0 aromatic carbocycles. The Morgan fingerprint density at radius 3 is 2.68 bits per heavy atom. The summed E-state index contributed by atoms with van der Waals surface area (Å²) in [4.78, 5) is 5.68. The van der Waals surface area contributed by atoms with Gasteiger partial charge in [-0.3, -0.25) is 4.99 Å². The molecule has 2 N–H and O–H groups in total. The fourth-order valence-corrected chi connectivity index (χ4v) is 2.55. The Balaban J connectivity index is 2.22. The number of thiophene rings is 1. The van der Waals surface area contributed by atoms with Crippen molar-refractivity contribution in [3.63, 3.8) is 0 Å². The van der Waals surface area contributed by atoms with Crippen LogP contribution in [0.3, 0.4) is 0 Å². The molecule has 0 fully saturated rings. The summed E-state index contributed by atoms with van der Waals surface area (Å²) >= 11 is 1.81. The predicted octanol–water partition coefficient (Wildman–Crippen LogP) is 3.28. The molecule has 4 heteroatoms. The zero-order chi connectivity index (χ0) is 14.1. The smallest absolute Gasteiger partial charge is 0.191 e. The highest BCUT2D eigenvalue weighted by Gasteiger charge is 2.06. The van der Waals surface area contributed by atoms with Gasteiger partial charge in [0, 0.05) is 24.5 Å². The van der Waals surface area contributed by atoms with Gasteiger partial charge in [0.05, 0.1) is 0 Å². The second-order valence-electron chi connectivity index (χ2n) is 5.34. The van der Waals surface area contributed by atoms with Gasteiger partial charge in [-0.1, -0.05) is 19.9 Å². The first-order valence-electron chi connectivity index (χ1n) is 7.11. The standard InChI is InChI=1S/C15H27N3S/c1-12(2)7-8-13(3)18-15(16-4)17-10-9-14-6-5-11-19-14/h5-6,11-13H,7-10H2,1-4H3,(H2,16,17,18). The van der Waals surface area contributed by atoms with Crippen LogP contribution in [0.15, 0.2) is 22.5 Å². The van der Waals surface area contributed by atoms with Gasteiger partial charge >= 0.3 is 0 Å². The van der Waals surface area contributed by atoms with Crippen molar-refractivity contribution < 1.29 is 0 Å². The number of hydrogen-bond donors (Lipinski definition) is 2. The SMILES string of the molecule is CN=C(NCCc1cccs1)NC(C)CCC(C)C. The Hall–Kier alpha value is -1.03. The van der Waals surface area contributed by atoms with Gasteiger partial charge in [-0.2, -0.15) is 0 Å². The van der Waals surface area contributed by atoms with Crippen LogP contribution in [0.5, 0.6) is 0 Å². The highest BCUT2D eigenvalue weighted by Crippen LogP contribution is 2.08. The fraction of sp³-hybridized carbons (Fsp3) is 0.667. The Morgan fingerprint density at radius 1 is 1.32 bits per heavy atom. The zero-order valence-electron chi connectivity index (χ0n) is 12.6. The summed E-state index contributed by atoms with van der Waals surface area (Å²) in [6.07, 6.45) is 3.49. The molecule has 3 nitrogen and oxygen atoms in total. The molecule has 0 spiro atoms. The molecular formula is C15H27N3S. The normalized spacial score (nSPS) is 13.6. The molecule has 0 aliphatic heterocycles. The van der Waals surface area contributed by atoms with E-state index in [0.29, 0.717) is 6.04 Å². The first kappa shape index (κ1) is 16.0. The molecule has 0 bridgehead atoms. The lowest BCUT2D eigenvalue weighted by Gasteiger charge is -2.18. The van der Waals surface area contributed by atoms with Crippen LogP contribution < -0.4 is 10.6 Å². The van der Waals surface area contributed by atoms with Crippen molar-refractivity contribution in [2.45, 2.75) is 46.1 Å². The molecule has 19 heavy (non-hydrogen) atoms. The highest BCUT2D eigenvalue weighted by atomic mass is 32.1. The van der Waals surface area contributed by atoms with Gasteiger partial charge in [-0.25, -0.2) is 0 Å². The van der Waals surface area contributed by atoms with E-state index in [1.165, 1.54) is 17.7 Å². The van der Waals surface area contributed by atoms with Crippen molar-refractivity contribution in [2.24, 2.45) is 10.9 Å². The Labute approximate surface area is 121 Å². The van der Waals surface area contributed by atoms with Crippen LogP contribution in [0.25, 0.3) is 0 Å². The van der Waals surface area contributed by atoms with Gasteiger partial charge in [0.2, 0.25) is 0 Å².